The van der Waals surface area contributed by atoms with E-state index in [1.807, 2.05) is 0 Å². The summed E-state index contributed by atoms with van der Waals surface area (Å²) in [5, 5.41) is 0. The summed E-state index contributed by atoms with van der Waals surface area (Å²) in [5.41, 5.74) is 2.69. The number of allylic oxidation sites excluding steroid dienone is 2. The highest BCUT2D eigenvalue weighted by Gasteiger charge is 2.22. The lowest BCUT2D eigenvalue weighted by atomic mass is 9.77. The third-order valence-corrected chi connectivity index (χ3v) is 7.45. The molecule has 0 unspecified atom stereocenters. The summed E-state index contributed by atoms with van der Waals surface area (Å²) in [7, 11) is 0. The van der Waals surface area contributed by atoms with Gasteiger partial charge in [-0.25, -0.2) is 0 Å². The smallest absolute Gasteiger partial charge is 0.0249 e. The second-order valence-corrected chi connectivity index (χ2v) is 9.68. The van der Waals surface area contributed by atoms with Crippen LogP contribution in [0.25, 0.3) is 0 Å². The molecule has 158 valence electrons. The maximum Gasteiger partial charge on any atom is 0.0249 e. The maximum atomic E-state index is 3.34. The molecule has 0 bridgehead atoms. The van der Waals surface area contributed by atoms with E-state index in [1.54, 1.807) is 0 Å². The average Bonchev–Trinajstić information content (AvgIpc) is 2.77. The molecule has 0 spiro atoms. The molecule has 3 rings (SSSR count). The molecule has 0 N–H and O–H groups in total. The molecule has 0 heterocycles. The van der Waals surface area contributed by atoms with E-state index in [1.165, 1.54) is 89.0 Å². The standard InChI is InChI=1S/C29H42/c1-3-5-9-25-16-20-28(21-17-25)29-22-18-27(19-23-29)11-7-6-10-26-14-12-24(8-4-2)13-15-26/h6,10,18-19,22-26,28H,3-5,8-9,12-17,20-21H2,1-2H3/b10-6+/t24-,25-,26-,28-. The van der Waals surface area contributed by atoms with E-state index < -0.39 is 0 Å². The molecule has 29 heavy (non-hydrogen) atoms. The molecular formula is C29H42. The van der Waals surface area contributed by atoms with Crippen molar-refractivity contribution in [2.75, 3.05) is 0 Å². The van der Waals surface area contributed by atoms with E-state index in [-0.39, 0.29) is 0 Å². The molecule has 0 heteroatoms. The highest BCUT2D eigenvalue weighted by Crippen LogP contribution is 2.37. The molecule has 0 amide bonds. The predicted molar refractivity (Wildman–Crippen MR) is 127 cm³/mol. The lowest BCUT2D eigenvalue weighted by Gasteiger charge is -2.28. The Kier molecular flexibility index (Phi) is 9.40. The summed E-state index contributed by atoms with van der Waals surface area (Å²) in [4.78, 5) is 0. The Morgan fingerprint density at radius 2 is 1.45 bits per heavy atom. The molecule has 2 aliphatic carbocycles. The molecule has 0 radical (unpaired) electrons. The van der Waals surface area contributed by atoms with Gasteiger partial charge in [0.25, 0.3) is 0 Å². The van der Waals surface area contributed by atoms with Crippen molar-refractivity contribution < 1.29 is 0 Å². The number of benzene rings is 1. The van der Waals surface area contributed by atoms with Crippen molar-refractivity contribution in [3.05, 3.63) is 47.5 Å². The first-order valence-corrected chi connectivity index (χ1v) is 12.6. The molecular weight excluding hydrogens is 348 g/mol. The highest BCUT2D eigenvalue weighted by atomic mass is 14.3. The van der Waals surface area contributed by atoms with Crippen LogP contribution in [-0.4, -0.2) is 0 Å². The van der Waals surface area contributed by atoms with E-state index in [9.17, 15) is 0 Å². The first kappa shape index (κ1) is 22.2. The maximum absolute atomic E-state index is 3.34. The van der Waals surface area contributed by atoms with Crippen LogP contribution in [0.15, 0.2) is 36.4 Å². The van der Waals surface area contributed by atoms with Crippen LogP contribution in [-0.2, 0) is 0 Å². The second-order valence-electron chi connectivity index (χ2n) is 9.68. The largest absolute Gasteiger partial charge is 0.0730 e. The van der Waals surface area contributed by atoms with Gasteiger partial charge in [0, 0.05) is 5.56 Å². The van der Waals surface area contributed by atoms with Gasteiger partial charge in [-0.1, -0.05) is 76.0 Å². The summed E-state index contributed by atoms with van der Waals surface area (Å²) in [6.45, 7) is 4.62. The van der Waals surface area contributed by atoms with Crippen molar-refractivity contribution in [2.45, 2.75) is 103 Å². The molecule has 1 aromatic rings. The van der Waals surface area contributed by atoms with Crippen LogP contribution in [0.4, 0.5) is 0 Å². The minimum atomic E-state index is 0.757. The lowest BCUT2D eigenvalue weighted by Crippen LogP contribution is -2.13. The van der Waals surface area contributed by atoms with Crippen molar-refractivity contribution in [1.29, 1.82) is 0 Å². The number of rotatable bonds is 7. The SMILES string of the molecule is CCCC[C@H]1CC[C@H](c2ccc(C#C/C=C/[C@H]3CC[C@H](CCC)CC3)cc2)CC1. The van der Waals surface area contributed by atoms with Crippen LogP contribution in [0.2, 0.25) is 0 Å². The van der Waals surface area contributed by atoms with Crippen molar-refractivity contribution in [2.24, 2.45) is 17.8 Å². The molecule has 2 fully saturated rings. The molecule has 0 saturated heterocycles. The second kappa shape index (κ2) is 12.3. The minimum Gasteiger partial charge on any atom is -0.0730 e. The molecule has 2 saturated carbocycles. The zero-order valence-corrected chi connectivity index (χ0v) is 19.0. The Hall–Kier alpha value is -1.48. The normalized spacial score (nSPS) is 27.5. The highest BCUT2D eigenvalue weighted by molar-refractivity contribution is 5.39. The van der Waals surface area contributed by atoms with Gasteiger partial charge in [-0.2, -0.15) is 0 Å². The van der Waals surface area contributed by atoms with Crippen LogP contribution in [0.1, 0.15) is 114 Å². The van der Waals surface area contributed by atoms with Gasteiger partial charge in [0.1, 0.15) is 0 Å². The Labute approximate surface area is 180 Å². The summed E-state index contributed by atoms with van der Waals surface area (Å²) < 4.78 is 0. The van der Waals surface area contributed by atoms with Gasteiger partial charge in [-0.15, -0.1) is 0 Å². The molecule has 1 aromatic carbocycles. The fourth-order valence-electron chi connectivity index (χ4n) is 5.50. The quantitative estimate of drug-likeness (QED) is 0.408. The average molecular weight is 391 g/mol. The monoisotopic (exact) mass is 390 g/mol. The summed E-state index contributed by atoms with van der Waals surface area (Å²) in [6.07, 6.45) is 22.6. The topological polar surface area (TPSA) is 0 Å². The van der Waals surface area contributed by atoms with Gasteiger partial charge in [0.15, 0.2) is 0 Å². The van der Waals surface area contributed by atoms with Crippen molar-refractivity contribution in [3.8, 4) is 11.8 Å². The Morgan fingerprint density at radius 3 is 2.10 bits per heavy atom. The first-order valence-electron chi connectivity index (χ1n) is 12.6. The molecule has 0 atom stereocenters. The minimum absolute atomic E-state index is 0.757. The summed E-state index contributed by atoms with van der Waals surface area (Å²) in [5.74, 6) is 10.1. The summed E-state index contributed by atoms with van der Waals surface area (Å²) in [6, 6.07) is 9.13. The van der Waals surface area contributed by atoms with E-state index in [0.29, 0.717) is 0 Å². The third-order valence-electron chi connectivity index (χ3n) is 7.45. The van der Waals surface area contributed by atoms with E-state index in [4.69, 9.17) is 0 Å². The number of hydrogen-bond acceptors (Lipinski definition) is 0. The molecule has 0 aliphatic heterocycles. The van der Waals surface area contributed by atoms with Crippen LogP contribution < -0.4 is 0 Å². The van der Waals surface area contributed by atoms with Crippen LogP contribution in [0, 0.1) is 29.6 Å². The van der Waals surface area contributed by atoms with Crippen molar-refractivity contribution in [1.82, 2.24) is 0 Å². The van der Waals surface area contributed by atoms with Crippen LogP contribution in [0.5, 0.6) is 0 Å². The van der Waals surface area contributed by atoms with Gasteiger partial charge < -0.3 is 0 Å². The first-order chi connectivity index (χ1) is 14.3. The fourth-order valence-corrected chi connectivity index (χ4v) is 5.50. The van der Waals surface area contributed by atoms with Gasteiger partial charge in [0.2, 0.25) is 0 Å². The molecule has 0 aromatic heterocycles. The zero-order chi connectivity index (χ0) is 20.3. The number of unbranched alkanes of at least 4 members (excludes halogenated alkanes) is 1. The summed E-state index contributed by atoms with van der Waals surface area (Å²) >= 11 is 0. The lowest BCUT2D eigenvalue weighted by molar-refractivity contribution is 0.294. The Bertz CT molecular complexity index is 652. The molecule has 0 nitrogen and oxygen atoms in total. The van der Waals surface area contributed by atoms with Gasteiger partial charge >= 0.3 is 0 Å². The Balaban J connectivity index is 1.42. The van der Waals surface area contributed by atoms with Gasteiger partial charge in [-0.3, -0.25) is 0 Å². The van der Waals surface area contributed by atoms with Crippen LogP contribution in [0.3, 0.4) is 0 Å². The zero-order valence-electron chi connectivity index (χ0n) is 19.0. The van der Waals surface area contributed by atoms with Gasteiger partial charge in [0.05, 0.1) is 0 Å². The van der Waals surface area contributed by atoms with E-state index in [0.717, 1.165) is 29.2 Å². The van der Waals surface area contributed by atoms with E-state index >= 15 is 0 Å². The molecule has 2 aliphatic rings. The van der Waals surface area contributed by atoms with Crippen molar-refractivity contribution >= 4 is 0 Å². The fraction of sp³-hybridized carbons (Fsp3) is 0.655. The number of hydrogen-bond donors (Lipinski definition) is 0. The predicted octanol–water partition coefficient (Wildman–Crippen LogP) is 8.66. The third kappa shape index (κ3) is 7.37. The van der Waals surface area contributed by atoms with E-state index in [2.05, 4.69) is 62.1 Å². The van der Waals surface area contributed by atoms with Crippen LogP contribution >= 0.6 is 0 Å². The Morgan fingerprint density at radius 1 is 0.793 bits per heavy atom. The van der Waals surface area contributed by atoms with Crippen molar-refractivity contribution in [3.63, 3.8) is 0 Å². The van der Waals surface area contributed by atoms with Gasteiger partial charge in [-0.05, 0) is 98.8 Å².